The maximum absolute atomic E-state index is 12.7. The Bertz CT molecular complexity index is 1130. The number of aromatic nitrogens is 1. The highest BCUT2D eigenvalue weighted by Gasteiger charge is 2.29. The van der Waals surface area contributed by atoms with Gasteiger partial charge in [0.1, 0.15) is 5.75 Å². The van der Waals surface area contributed by atoms with Gasteiger partial charge in [0.15, 0.2) is 15.2 Å². The number of carboxylic acids is 2. The van der Waals surface area contributed by atoms with E-state index in [1.165, 1.54) is 30.3 Å². The molecule has 0 aliphatic heterocycles. The van der Waals surface area contributed by atoms with Gasteiger partial charge in [-0.1, -0.05) is 18.2 Å². The molecule has 0 amide bonds. The largest absolute Gasteiger partial charge is 0.478 e. The number of carboxylic acid groups (broad SMARTS) is 2. The number of nitrogens with one attached hydrogen (secondary N) is 1. The van der Waals surface area contributed by atoms with Crippen molar-refractivity contribution in [3.8, 4) is 5.75 Å². The Balaban J connectivity index is 1.92. The second-order valence-corrected chi connectivity index (χ2v) is 8.00. The van der Waals surface area contributed by atoms with Crippen molar-refractivity contribution in [1.29, 1.82) is 0 Å². The van der Waals surface area contributed by atoms with E-state index in [1.54, 1.807) is 24.3 Å². The van der Waals surface area contributed by atoms with Gasteiger partial charge in [-0.15, -0.1) is 0 Å². The number of hydrogen-bond acceptors (Lipinski definition) is 6. The molecule has 0 aliphatic rings. The first-order valence-corrected chi connectivity index (χ1v) is 9.54. The number of sulfone groups is 1. The van der Waals surface area contributed by atoms with Gasteiger partial charge in [0.2, 0.25) is 0 Å². The minimum Gasteiger partial charge on any atom is -0.478 e. The Hall–Kier alpha value is -3.37. The third kappa shape index (κ3) is 3.68. The number of hydrogen-bond donors (Lipinski definition) is 4. The van der Waals surface area contributed by atoms with Crippen LogP contribution in [0.5, 0.6) is 5.75 Å². The number of aromatic amines is 1. The number of carbonyl (C=O) groups is 2. The summed E-state index contributed by atoms with van der Waals surface area (Å²) < 4.78 is 30.3. The van der Waals surface area contributed by atoms with Gasteiger partial charge in [-0.3, -0.25) is 0 Å². The normalized spacial score (nSPS) is 12.8. The molecule has 28 heavy (non-hydrogen) atoms. The van der Waals surface area contributed by atoms with Gasteiger partial charge in [-0.05, 0) is 30.3 Å². The fourth-order valence-electron chi connectivity index (χ4n) is 2.62. The van der Waals surface area contributed by atoms with Crippen LogP contribution >= 0.6 is 0 Å². The number of nitrogens with two attached hydrogens (primary N) is 1. The summed E-state index contributed by atoms with van der Waals surface area (Å²) in [6.07, 6.45) is -2.06. The molecule has 10 heteroatoms. The number of fused-ring (bicyclic) bond motifs is 1. The van der Waals surface area contributed by atoms with E-state index < -0.39 is 33.3 Å². The topological polar surface area (TPSA) is 160 Å². The van der Waals surface area contributed by atoms with Crippen LogP contribution in [0.1, 0.15) is 11.1 Å². The van der Waals surface area contributed by atoms with Crippen LogP contribution in [0.25, 0.3) is 10.9 Å². The smallest absolute Gasteiger partial charge is 0.356 e. The van der Waals surface area contributed by atoms with Gasteiger partial charge in [0.25, 0.3) is 6.10 Å². The molecule has 0 radical (unpaired) electrons. The van der Waals surface area contributed by atoms with Gasteiger partial charge in [0.05, 0.1) is 4.90 Å². The molecule has 0 aliphatic carbocycles. The molecule has 0 saturated carbocycles. The lowest BCUT2D eigenvalue weighted by Gasteiger charge is -2.11. The molecular formula is C18H16N2O7S. The van der Waals surface area contributed by atoms with E-state index >= 15 is 0 Å². The number of aliphatic carboxylic acids is 2. The quantitative estimate of drug-likeness (QED) is 0.431. The van der Waals surface area contributed by atoms with E-state index in [4.69, 9.17) is 20.7 Å². The van der Waals surface area contributed by atoms with Gasteiger partial charge < -0.3 is 25.7 Å². The maximum atomic E-state index is 12.7. The minimum atomic E-state index is -3.83. The summed E-state index contributed by atoms with van der Waals surface area (Å²) in [4.78, 5) is 24.8. The predicted molar refractivity (Wildman–Crippen MR) is 98.5 cm³/mol. The van der Waals surface area contributed by atoms with Gasteiger partial charge >= 0.3 is 11.9 Å². The average molecular weight is 404 g/mol. The summed E-state index contributed by atoms with van der Waals surface area (Å²) in [5, 5.41) is 17.0. The van der Waals surface area contributed by atoms with Crippen LogP contribution in [-0.2, 0) is 19.4 Å². The van der Waals surface area contributed by atoms with Crippen molar-refractivity contribution < 1.29 is 33.0 Å². The molecule has 1 heterocycles. The van der Waals surface area contributed by atoms with E-state index in [9.17, 15) is 18.0 Å². The van der Waals surface area contributed by atoms with Crippen molar-refractivity contribution in [2.75, 3.05) is 0 Å². The molecule has 5 N–H and O–H groups in total. The van der Waals surface area contributed by atoms with Gasteiger partial charge in [-0.25, -0.2) is 18.0 Å². The highest BCUT2D eigenvalue weighted by Crippen LogP contribution is 2.28. The first-order chi connectivity index (χ1) is 13.2. The maximum Gasteiger partial charge on any atom is 0.356 e. The molecule has 1 aromatic heterocycles. The molecule has 146 valence electrons. The molecule has 0 spiro atoms. The molecule has 1 unspecified atom stereocenters. The highest BCUT2D eigenvalue weighted by atomic mass is 32.2. The zero-order chi connectivity index (χ0) is 20.5. The first kappa shape index (κ1) is 19.4. The van der Waals surface area contributed by atoms with Gasteiger partial charge in [-0.2, -0.15) is 0 Å². The lowest BCUT2D eigenvalue weighted by Crippen LogP contribution is -2.35. The van der Waals surface area contributed by atoms with Crippen LogP contribution in [0.15, 0.2) is 59.5 Å². The predicted octanol–water partition coefficient (Wildman–Crippen LogP) is 1.52. The third-order valence-corrected chi connectivity index (χ3v) is 5.88. The molecule has 3 aromatic rings. The lowest BCUT2D eigenvalue weighted by molar-refractivity contribution is -0.159. The standard InChI is InChI=1S/C18H16N2O7S/c19-16(28(25,26)12-4-2-1-3-5-12)14-8-10-6-7-11(9-13(10)20-14)27-15(17(21)22)18(23)24/h1-9,15-16,20H,19H2,(H,21,22)(H,23,24). The molecule has 0 fully saturated rings. The summed E-state index contributed by atoms with van der Waals surface area (Å²) in [5.74, 6) is -3.29. The van der Waals surface area contributed by atoms with Crippen LogP contribution in [-0.4, -0.2) is 41.7 Å². The average Bonchev–Trinajstić information content (AvgIpc) is 3.08. The van der Waals surface area contributed by atoms with Crippen molar-refractivity contribution in [3.05, 3.63) is 60.3 Å². The molecular weight excluding hydrogens is 388 g/mol. The number of ether oxygens (including phenoxy) is 1. The summed E-state index contributed by atoms with van der Waals surface area (Å²) >= 11 is 0. The second kappa shape index (κ2) is 7.33. The second-order valence-electron chi connectivity index (χ2n) is 5.93. The Kier molecular flexibility index (Phi) is 5.08. The van der Waals surface area contributed by atoms with Crippen LogP contribution in [0.4, 0.5) is 0 Å². The molecule has 3 rings (SSSR count). The first-order valence-electron chi connectivity index (χ1n) is 7.99. The van der Waals surface area contributed by atoms with E-state index in [1.807, 2.05) is 0 Å². The van der Waals surface area contributed by atoms with Crippen molar-refractivity contribution in [2.45, 2.75) is 16.4 Å². The van der Waals surface area contributed by atoms with Crippen LogP contribution in [0, 0.1) is 0 Å². The summed E-state index contributed by atoms with van der Waals surface area (Å²) in [6, 6.07) is 13.6. The minimum absolute atomic E-state index is 0.00446. The van der Waals surface area contributed by atoms with E-state index in [0.717, 1.165) is 0 Å². The lowest BCUT2D eigenvalue weighted by atomic mass is 10.2. The van der Waals surface area contributed by atoms with E-state index in [0.29, 0.717) is 10.9 Å². The van der Waals surface area contributed by atoms with Crippen molar-refractivity contribution in [1.82, 2.24) is 4.98 Å². The zero-order valence-electron chi connectivity index (χ0n) is 14.3. The highest BCUT2D eigenvalue weighted by molar-refractivity contribution is 7.91. The number of rotatable bonds is 7. The molecule has 1 atom stereocenters. The summed E-state index contributed by atoms with van der Waals surface area (Å²) in [6.45, 7) is 0. The monoisotopic (exact) mass is 404 g/mol. The van der Waals surface area contributed by atoms with Crippen LogP contribution in [0.2, 0.25) is 0 Å². The molecule has 9 nitrogen and oxygen atoms in total. The fraction of sp³-hybridized carbons (Fsp3) is 0.111. The Morgan fingerprint density at radius 1 is 1.00 bits per heavy atom. The number of benzene rings is 2. The van der Waals surface area contributed by atoms with Crippen LogP contribution < -0.4 is 10.5 Å². The molecule has 0 saturated heterocycles. The summed E-state index contributed by atoms with van der Waals surface area (Å²) in [5.41, 5.74) is 6.60. The Morgan fingerprint density at radius 2 is 1.64 bits per heavy atom. The molecule has 0 bridgehead atoms. The van der Waals surface area contributed by atoms with Crippen molar-refractivity contribution in [2.24, 2.45) is 5.73 Å². The van der Waals surface area contributed by atoms with E-state index in [-0.39, 0.29) is 16.3 Å². The van der Waals surface area contributed by atoms with Crippen molar-refractivity contribution in [3.63, 3.8) is 0 Å². The Morgan fingerprint density at radius 3 is 2.25 bits per heavy atom. The van der Waals surface area contributed by atoms with Crippen molar-refractivity contribution >= 4 is 32.7 Å². The van der Waals surface area contributed by atoms with Crippen LogP contribution in [0.3, 0.4) is 0 Å². The number of H-pyrrole nitrogens is 1. The van der Waals surface area contributed by atoms with Gasteiger partial charge in [0, 0.05) is 22.7 Å². The third-order valence-electron chi connectivity index (χ3n) is 4.03. The summed E-state index contributed by atoms with van der Waals surface area (Å²) in [7, 11) is -3.83. The Labute approximate surface area is 159 Å². The van der Waals surface area contributed by atoms with E-state index in [2.05, 4.69) is 4.98 Å². The SMILES string of the molecule is NC(c1cc2ccc(OC(C(=O)O)C(=O)O)cc2[nH]1)S(=O)(=O)c1ccccc1. The molecule has 2 aromatic carbocycles. The fourth-order valence-corrected chi connectivity index (χ4v) is 3.91. The zero-order valence-corrected chi connectivity index (χ0v) is 15.1.